The number of aryl methyl sites for hydroxylation is 1. The number of aliphatic hydroxyl groups excluding tert-OH is 1. The van der Waals surface area contributed by atoms with Gasteiger partial charge in [-0.05, 0) is 29.7 Å². The fraction of sp³-hybridized carbons (Fsp3) is 0.273. The Balaban J connectivity index is 0.000000386. The van der Waals surface area contributed by atoms with E-state index in [1.165, 1.54) is 5.56 Å². The van der Waals surface area contributed by atoms with Gasteiger partial charge in [0.2, 0.25) is 0 Å². The molecule has 2 aromatic heterocycles. The SMILES string of the molecule is CCc1cnn2ccc(CO)cc12.O=C=O. The van der Waals surface area contributed by atoms with Gasteiger partial charge in [0.15, 0.2) is 0 Å². The molecule has 0 spiro atoms. The van der Waals surface area contributed by atoms with Crippen molar-refractivity contribution in [2.24, 2.45) is 0 Å². The quantitative estimate of drug-likeness (QED) is 0.812. The number of hydrogen-bond acceptors (Lipinski definition) is 4. The van der Waals surface area contributed by atoms with Crippen LogP contribution in [0.15, 0.2) is 24.5 Å². The Morgan fingerprint density at radius 1 is 1.50 bits per heavy atom. The van der Waals surface area contributed by atoms with Gasteiger partial charge in [-0.2, -0.15) is 14.7 Å². The minimum Gasteiger partial charge on any atom is -0.392 e. The Bertz CT molecular complexity index is 499. The number of aliphatic hydroxyl groups is 1. The van der Waals surface area contributed by atoms with E-state index in [9.17, 15) is 0 Å². The summed E-state index contributed by atoms with van der Waals surface area (Å²) < 4.78 is 1.83. The molecule has 16 heavy (non-hydrogen) atoms. The van der Waals surface area contributed by atoms with Crippen molar-refractivity contribution >= 4 is 11.7 Å². The monoisotopic (exact) mass is 220 g/mol. The van der Waals surface area contributed by atoms with Crippen molar-refractivity contribution in [2.45, 2.75) is 20.0 Å². The second-order valence-corrected chi connectivity index (χ2v) is 3.13. The first-order valence-electron chi connectivity index (χ1n) is 4.82. The summed E-state index contributed by atoms with van der Waals surface area (Å²) in [5, 5.41) is 13.2. The molecular formula is C11H12N2O3. The van der Waals surface area contributed by atoms with Crippen LogP contribution >= 0.6 is 0 Å². The summed E-state index contributed by atoms with van der Waals surface area (Å²) >= 11 is 0. The maximum absolute atomic E-state index is 8.97. The van der Waals surface area contributed by atoms with Crippen LogP contribution in [0.1, 0.15) is 18.1 Å². The first kappa shape index (κ1) is 12.1. The summed E-state index contributed by atoms with van der Waals surface area (Å²) in [6.07, 6.45) is 4.97. The van der Waals surface area contributed by atoms with Crippen molar-refractivity contribution in [1.29, 1.82) is 0 Å². The average molecular weight is 220 g/mol. The van der Waals surface area contributed by atoms with Crippen molar-refractivity contribution < 1.29 is 14.7 Å². The van der Waals surface area contributed by atoms with Gasteiger partial charge in [0.25, 0.3) is 0 Å². The van der Waals surface area contributed by atoms with E-state index in [4.69, 9.17) is 14.7 Å². The molecule has 0 unspecified atom stereocenters. The maximum Gasteiger partial charge on any atom is 0.373 e. The number of fused-ring (bicyclic) bond motifs is 1. The summed E-state index contributed by atoms with van der Waals surface area (Å²) in [5.41, 5.74) is 3.24. The average Bonchev–Trinajstić information content (AvgIpc) is 2.71. The topological polar surface area (TPSA) is 71.7 Å². The Kier molecular flexibility index (Phi) is 4.39. The molecule has 0 aliphatic carbocycles. The van der Waals surface area contributed by atoms with Gasteiger partial charge in [-0.15, -0.1) is 0 Å². The van der Waals surface area contributed by atoms with Gasteiger partial charge in [0.05, 0.1) is 18.3 Å². The molecule has 0 amide bonds. The molecule has 0 aliphatic rings. The van der Waals surface area contributed by atoms with Gasteiger partial charge >= 0.3 is 6.15 Å². The molecule has 0 fully saturated rings. The molecule has 0 radical (unpaired) electrons. The molecule has 5 heteroatoms. The van der Waals surface area contributed by atoms with Crippen LogP contribution in [0.25, 0.3) is 5.52 Å². The second-order valence-electron chi connectivity index (χ2n) is 3.13. The largest absolute Gasteiger partial charge is 0.392 e. The Morgan fingerprint density at radius 2 is 2.19 bits per heavy atom. The lowest BCUT2D eigenvalue weighted by Gasteiger charge is -1.98. The summed E-state index contributed by atoms with van der Waals surface area (Å²) in [5.74, 6) is 0. The highest BCUT2D eigenvalue weighted by molar-refractivity contribution is 5.55. The normalized spacial score (nSPS) is 9.38. The zero-order chi connectivity index (χ0) is 12.0. The highest BCUT2D eigenvalue weighted by atomic mass is 16.3. The Hall–Kier alpha value is -1.97. The van der Waals surface area contributed by atoms with Gasteiger partial charge in [0.1, 0.15) is 0 Å². The van der Waals surface area contributed by atoms with E-state index < -0.39 is 0 Å². The zero-order valence-electron chi connectivity index (χ0n) is 8.88. The fourth-order valence-electron chi connectivity index (χ4n) is 1.45. The molecule has 2 aromatic rings. The third-order valence-corrected chi connectivity index (χ3v) is 2.23. The van der Waals surface area contributed by atoms with E-state index in [-0.39, 0.29) is 12.8 Å². The highest BCUT2D eigenvalue weighted by Gasteiger charge is 2.01. The lowest BCUT2D eigenvalue weighted by atomic mass is 10.2. The maximum atomic E-state index is 8.97. The van der Waals surface area contributed by atoms with Gasteiger partial charge in [-0.3, -0.25) is 0 Å². The number of rotatable bonds is 2. The predicted molar refractivity (Wildman–Crippen MR) is 55.5 cm³/mol. The van der Waals surface area contributed by atoms with E-state index >= 15 is 0 Å². The van der Waals surface area contributed by atoms with E-state index in [2.05, 4.69) is 12.0 Å². The van der Waals surface area contributed by atoms with Crippen LogP contribution in [0, 0.1) is 0 Å². The minimum atomic E-state index is 0.0881. The number of aromatic nitrogens is 2. The van der Waals surface area contributed by atoms with Gasteiger partial charge in [0, 0.05) is 6.20 Å². The lowest BCUT2D eigenvalue weighted by molar-refractivity contribution is -0.191. The van der Waals surface area contributed by atoms with Crippen LogP contribution in [-0.4, -0.2) is 20.9 Å². The Labute approximate surface area is 92.3 Å². The van der Waals surface area contributed by atoms with Crippen LogP contribution in [0.2, 0.25) is 0 Å². The van der Waals surface area contributed by atoms with Crippen LogP contribution in [0.4, 0.5) is 0 Å². The summed E-state index contributed by atoms with van der Waals surface area (Å²) in [7, 11) is 0. The van der Waals surface area contributed by atoms with Crippen LogP contribution in [0.5, 0.6) is 0 Å². The standard InChI is InChI=1S/C10H12N2O.CO2/c1-2-9-6-11-12-4-3-8(7-13)5-10(9)12;2-1-3/h3-6,13H,2,7H2,1H3;. The fourth-order valence-corrected chi connectivity index (χ4v) is 1.45. The van der Waals surface area contributed by atoms with Crippen molar-refractivity contribution in [3.05, 3.63) is 35.7 Å². The molecule has 2 rings (SSSR count). The zero-order valence-corrected chi connectivity index (χ0v) is 8.88. The van der Waals surface area contributed by atoms with Crippen LogP contribution < -0.4 is 0 Å². The summed E-state index contributed by atoms with van der Waals surface area (Å²) in [6.45, 7) is 2.19. The van der Waals surface area contributed by atoms with Crippen molar-refractivity contribution in [3.8, 4) is 0 Å². The molecule has 0 atom stereocenters. The first-order valence-corrected chi connectivity index (χ1v) is 4.82. The molecule has 0 saturated heterocycles. The molecule has 0 saturated carbocycles. The van der Waals surface area contributed by atoms with Crippen LogP contribution in [-0.2, 0) is 22.6 Å². The van der Waals surface area contributed by atoms with E-state index in [1.54, 1.807) is 0 Å². The summed E-state index contributed by atoms with van der Waals surface area (Å²) in [4.78, 5) is 16.2. The molecule has 0 bridgehead atoms. The predicted octanol–water partition coefficient (Wildman–Crippen LogP) is 0.805. The highest BCUT2D eigenvalue weighted by Crippen LogP contribution is 2.12. The van der Waals surface area contributed by atoms with Gasteiger partial charge < -0.3 is 5.11 Å². The van der Waals surface area contributed by atoms with Crippen molar-refractivity contribution in [1.82, 2.24) is 9.61 Å². The molecule has 0 aromatic carbocycles. The smallest absolute Gasteiger partial charge is 0.373 e. The third kappa shape index (κ3) is 2.53. The van der Waals surface area contributed by atoms with E-state index in [1.807, 2.05) is 29.0 Å². The first-order chi connectivity index (χ1) is 7.76. The lowest BCUT2D eigenvalue weighted by Crippen LogP contribution is -1.90. The molecular weight excluding hydrogens is 208 g/mol. The Morgan fingerprint density at radius 3 is 2.75 bits per heavy atom. The van der Waals surface area contributed by atoms with E-state index in [0.717, 1.165) is 17.5 Å². The van der Waals surface area contributed by atoms with Gasteiger partial charge in [-0.1, -0.05) is 6.92 Å². The molecule has 2 heterocycles. The molecule has 5 nitrogen and oxygen atoms in total. The molecule has 84 valence electrons. The van der Waals surface area contributed by atoms with Gasteiger partial charge in [-0.25, -0.2) is 4.52 Å². The number of pyridine rings is 1. The van der Waals surface area contributed by atoms with Crippen molar-refractivity contribution in [3.63, 3.8) is 0 Å². The third-order valence-electron chi connectivity index (χ3n) is 2.23. The number of hydrogen-bond donors (Lipinski definition) is 1. The molecule has 1 N–H and O–H groups in total. The van der Waals surface area contributed by atoms with Crippen LogP contribution in [0.3, 0.4) is 0 Å². The number of nitrogens with zero attached hydrogens (tertiary/aromatic N) is 2. The molecule has 0 aliphatic heterocycles. The summed E-state index contributed by atoms with van der Waals surface area (Å²) in [6, 6.07) is 3.85. The second kappa shape index (κ2) is 5.80. The number of carbonyl (C=O) groups excluding carboxylic acids is 2. The van der Waals surface area contributed by atoms with E-state index in [0.29, 0.717) is 0 Å². The minimum absolute atomic E-state index is 0.0881. The van der Waals surface area contributed by atoms with Crippen molar-refractivity contribution in [2.75, 3.05) is 0 Å².